The van der Waals surface area contributed by atoms with Crippen LogP contribution in [-0.4, -0.2) is 23.3 Å². The molecule has 4 heteroatoms. The smallest absolute Gasteiger partial charge is 0.158 e. The largest absolute Gasteiger partial charge is 0.504 e. The quantitative estimate of drug-likeness (QED) is 0.564. The van der Waals surface area contributed by atoms with Crippen LogP contribution < -0.4 is 5.32 Å². The number of unbranched alkanes of at least 4 members (excludes halogenated alkanes) is 1. The van der Waals surface area contributed by atoms with Crippen molar-refractivity contribution in [1.82, 2.24) is 5.32 Å². The van der Waals surface area contributed by atoms with E-state index in [-0.39, 0.29) is 23.9 Å². The average molecular weight is 296 g/mol. The van der Waals surface area contributed by atoms with Gasteiger partial charge in [0.2, 0.25) is 0 Å². The first kappa shape index (κ1) is 16.6. The van der Waals surface area contributed by atoms with Crippen molar-refractivity contribution in [3.8, 4) is 11.5 Å². The van der Waals surface area contributed by atoms with Crippen LogP contribution in [0.25, 0.3) is 10.8 Å². The number of benzene rings is 2. The summed E-state index contributed by atoms with van der Waals surface area (Å²) in [6.45, 7) is 4.22. The average Bonchev–Trinajstić information content (AvgIpc) is 2.40. The van der Waals surface area contributed by atoms with Gasteiger partial charge in [0.25, 0.3) is 0 Å². The molecule has 0 aliphatic carbocycles. The maximum Gasteiger partial charge on any atom is 0.158 e. The predicted octanol–water partition coefficient (Wildman–Crippen LogP) is 3.61. The van der Waals surface area contributed by atoms with Gasteiger partial charge in [-0.3, -0.25) is 0 Å². The van der Waals surface area contributed by atoms with Gasteiger partial charge in [-0.25, -0.2) is 0 Å². The van der Waals surface area contributed by atoms with Crippen LogP contribution in [0, 0.1) is 0 Å². The van der Waals surface area contributed by atoms with E-state index in [0.717, 1.165) is 30.3 Å². The Kier molecular flexibility index (Phi) is 6.62. The van der Waals surface area contributed by atoms with Gasteiger partial charge < -0.3 is 15.5 Å². The number of nitrogens with one attached hydrogen (secondary N) is 1. The van der Waals surface area contributed by atoms with Gasteiger partial charge in [-0.15, -0.1) is 12.4 Å². The van der Waals surface area contributed by atoms with Crippen molar-refractivity contribution in [2.75, 3.05) is 13.1 Å². The molecule has 0 aromatic heterocycles. The van der Waals surface area contributed by atoms with Crippen LogP contribution in [-0.2, 0) is 6.42 Å². The lowest BCUT2D eigenvalue weighted by atomic mass is 10.0. The standard InChI is InChI=1S/C16H21NO2.ClH/c1-2-3-7-17-8-6-12-4-5-13-10-15(18)16(19)11-14(13)9-12;/h4-5,9-11,17-19H,2-3,6-8H2,1H3;1H. The van der Waals surface area contributed by atoms with E-state index in [9.17, 15) is 10.2 Å². The predicted molar refractivity (Wildman–Crippen MR) is 86.0 cm³/mol. The topological polar surface area (TPSA) is 52.5 Å². The van der Waals surface area contributed by atoms with Gasteiger partial charge in [0.15, 0.2) is 11.5 Å². The summed E-state index contributed by atoms with van der Waals surface area (Å²) < 4.78 is 0. The second kappa shape index (κ2) is 7.98. The van der Waals surface area contributed by atoms with E-state index in [0.29, 0.717) is 0 Å². The van der Waals surface area contributed by atoms with Gasteiger partial charge in [0.1, 0.15) is 0 Å². The minimum atomic E-state index is -0.0681. The van der Waals surface area contributed by atoms with Crippen LogP contribution in [0.1, 0.15) is 25.3 Å². The van der Waals surface area contributed by atoms with Crippen LogP contribution in [0.5, 0.6) is 11.5 Å². The number of hydrogen-bond donors (Lipinski definition) is 3. The number of hydrogen-bond acceptors (Lipinski definition) is 3. The molecule has 0 bridgehead atoms. The molecular formula is C16H22ClNO2. The molecule has 0 aliphatic rings. The fraction of sp³-hybridized carbons (Fsp3) is 0.375. The number of aromatic hydroxyl groups is 2. The van der Waals surface area contributed by atoms with Crippen molar-refractivity contribution >= 4 is 23.2 Å². The fourth-order valence-electron chi connectivity index (χ4n) is 2.14. The first-order valence-corrected chi connectivity index (χ1v) is 6.86. The lowest BCUT2D eigenvalue weighted by Gasteiger charge is -2.07. The zero-order chi connectivity index (χ0) is 13.7. The molecule has 0 amide bonds. The molecule has 3 nitrogen and oxygen atoms in total. The Morgan fingerprint density at radius 3 is 2.35 bits per heavy atom. The lowest BCUT2D eigenvalue weighted by molar-refractivity contribution is 0.405. The number of rotatable bonds is 6. The summed E-state index contributed by atoms with van der Waals surface area (Å²) in [6, 6.07) is 9.32. The van der Waals surface area contributed by atoms with E-state index in [1.54, 1.807) is 12.1 Å². The van der Waals surface area contributed by atoms with E-state index in [1.807, 2.05) is 6.07 Å². The highest BCUT2D eigenvalue weighted by atomic mass is 35.5. The molecule has 0 atom stereocenters. The summed E-state index contributed by atoms with van der Waals surface area (Å²) in [5.41, 5.74) is 1.24. The Morgan fingerprint density at radius 1 is 0.950 bits per heavy atom. The van der Waals surface area contributed by atoms with E-state index < -0.39 is 0 Å². The molecule has 0 saturated heterocycles. The van der Waals surface area contributed by atoms with Crippen LogP contribution in [0.4, 0.5) is 0 Å². The second-order valence-corrected chi connectivity index (χ2v) is 4.88. The van der Waals surface area contributed by atoms with Crippen molar-refractivity contribution in [1.29, 1.82) is 0 Å². The van der Waals surface area contributed by atoms with Gasteiger partial charge in [-0.05, 0) is 54.4 Å². The summed E-state index contributed by atoms with van der Waals surface area (Å²) in [5.74, 6) is -0.132. The van der Waals surface area contributed by atoms with Gasteiger partial charge in [0.05, 0.1) is 0 Å². The number of fused-ring (bicyclic) bond motifs is 1. The van der Waals surface area contributed by atoms with Crippen molar-refractivity contribution in [3.63, 3.8) is 0 Å². The molecule has 110 valence electrons. The highest BCUT2D eigenvalue weighted by molar-refractivity contribution is 5.86. The van der Waals surface area contributed by atoms with Gasteiger partial charge in [-0.2, -0.15) is 0 Å². The summed E-state index contributed by atoms with van der Waals surface area (Å²) in [7, 11) is 0. The zero-order valence-corrected chi connectivity index (χ0v) is 12.5. The maximum absolute atomic E-state index is 9.52. The van der Waals surface area contributed by atoms with E-state index >= 15 is 0 Å². The molecule has 2 aromatic rings. The first-order valence-electron chi connectivity index (χ1n) is 6.86. The van der Waals surface area contributed by atoms with Crippen LogP contribution in [0.2, 0.25) is 0 Å². The summed E-state index contributed by atoms with van der Waals surface area (Å²) in [4.78, 5) is 0. The molecule has 2 rings (SSSR count). The van der Waals surface area contributed by atoms with Gasteiger partial charge in [-0.1, -0.05) is 31.5 Å². The molecule has 0 aliphatic heterocycles. The molecule has 0 heterocycles. The van der Waals surface area contributed by atoms with Crippen LogP contribution >= 0.6 is 12.4 Å². The molecule has 20 heavy (non-hydrogen) atoms. The number of halogens is 1. The monoisotopic (exact) mass is 295 g/mol. The molecule has 0 unspecified atom stereocenters. The summed E-state index contributed by atoms with van der Waals surface area (Å²) in [6.07, 6.45) is 3.40. The van der Waals surface area contributed by atoms with Crippen molar-refractivity contribution in [3.05, 3.63) is 35.9 Å². The maximum atomic E-state index is 9.52. The van der Waals surface area contributed by atoms with E-state index in [4.69, 9.17) is 0 Å². The molecule has 0 saturated carbocycles. The van der Waals surface area contributed by atoms with Crippen molar-refractivity contribution in [2.45, 2.75) is 26.2 Å². The van der Waals surface area contributed by atoms with Gasteiger partial charge in [0, 0.05) is 0 Å². The molecule has 2 aromatic carbocycles. The molecular weight excluding hydrogens is 274 g/mol. The van der Waals surface area contributed by atoms with Crippen molar-refractivity contribution in [2.24, 2.45) is 0 Å². The fourth-order valence-corrected chi connectivity index (χ4v) is 2.14. The van der Waals surface area contributed by atoms with Crippen LogP contribution in [0.3, 0.4) is 0 Å². The Hall–Kier alpha value is -1.45. The van der Waals surface area contributed by atoms with Crippen molar-refractivity contribution < 1.29 is 10.2 Å². The summed E-state index contributed by atoms with van der Waals surface area (Å²) in [5, 5.41) is 24.3. The Balaban J connectivity index is 0.00000200. The Morgan fingerprint density at radius 2 is 1.65 bits per heavy atom. The normalized spacial score (nSPS) is 10.4. The molecule has 3 N–H and O–H groups in total. The Bertz CT molecular complexity index is 557. The minimum absolute atomic E-state index is 0. The third kappa shape index (κ3) is 4.29. The van der Waals surface area contributed by atoms with Gasteiger partial charge >= 0.3 is 0 Å². The zero-order valence-electron chi connectivity index (χ0n) is 11.7. The Labute approximate surface area is 126 Å². The SMILES string of the molecule is CCCCNCCc1ccc2cc(O)c(O)cc2c1.Cl. The minimum Gasteiger partial charge on any atom is -0.504 e. The molecule has 0 fully saturated rings. The lowest BCUT2D eigenvalue weighted by Crippen LogP contribution is -2.18. The van der Waals surface area contributed by atoms with Crippen LogP contribution in [0.15, 0.2) is 30.3 Å². The summed E-state index contributed by atoms with van der Waals surface area (Å²) >= 11 is 0. The molecule has 0 radical (unpaired) electrons. The highest BCUT2D eigenvalue weighted by Gasteiger charge is 2.03. The number of phenolic OH excluding ortho intramolecular Hbond substituents is 2. The third-order valence-electron chi connectivity index (χ3n) is 3.30. The third-order valence-corrected chi connectivity index (χ3v) is 3.30. The second-order valence-electron chi connectivity index (χ2n) is 4.88. The number of phenols is 2. The first-order chi connectivity index (χ1) is 9.20. The van der Waals surface area contributed by atoms with E-state index in [2.05, 4.69) is 24.4 Å². The molecule has 0 spiro atoms. The highest BCUT2D eigenvalue weighted by Crippen LogP contribution is 2.30. The van der Waals surface area contributed by atoms with E-state index in [1.165, 1.54) is 18.4 Å².